The summed E-state index contributed by atoms with van der Waals surface area (Å²) in [5.41, 5.74) is 1.10. The molecule has 3 aliphatic carbocycles. The molecule has 3 rings (SSSR count). The highest BCUT2D eigenvalue weighted by molar-refractivity contribution is 6.74. The maximum absolute atomic E-state index is 9.94. The normalized spacial score (nSPS) is 40.1. The summed E-state index contributed by atoms with van der Waals surface area (Å²) in [6.07, 6.45) is 6.58. The topological polar surface area (TPSA) is 49.7 Å². The van der Waals surface area contributed by atoms with E-state index in [1.807, 2.05) is 0 Å². The highest BCUT2D eigenvalue weighted by Gasteiger charge is 2.68. The van der Waals surface area contributed by atoms with E-state index in [2.05, 4.69) is 53.8 Å². The van der Waals surface area contributed by atoms with Crippen LogP contribution in [0.2, 0.25) is 18.1 Å². The number of fused-ring (bicyclic) bond motifs is 3. The minimum Gasteiger partial charge on any atom is -0.407 e. The zero-order valence-electron chi connectivity index (χ0n) is 17.3. The molecule has 0 saturated heterocycles. The fourth-order valence-corrected chi connectivity index (χ4v) is 7.37. The van der Waals surface area contributed by atoms with Crippen LogP contribution in [0.5, 0.6) is 0 Å². The van der Waals surface area contributed by atoms with Crippen LogP contribution in [0.4, 0.5) is 0 Å². The Morgan fingerprint density at radius 2 is 1.76 bits per heavy atom. The Balaban J connectivity index is 1.98. The van der Waals surface area contributed by atoms with Gasteiger partial charge in [-0.25, -0.2) is 0 Å². The van der Waals surface area contributed by atoms with E-state index in [0.29, 0.717) is 11.8 Å². The van der Waals surface area contributed by atoms with E-state index in [4.69, 9.17) is 4.43 Å². The van der Waals surface area contributed by atoms with E-state index in [1.54, 1.807) is 0 Å². The van der Waals surface area contributed by atoms with Gasteiger partial charge in [0.2, 0.25) is 0 Å². The lowest BCUT2D eigenvalue weighted by Crippen LogP contribution is -2.67. The summed E-state index contributed by atoms with van der Waals surface area (Å²) in [7, 11) is -1.88. The molecule has 0 unspecified atom stereocenters. The predicted octanol–water partition coefficient (Wildman–Crippen LogP) is 4.50. The van der Waals surface area contributed by atoms with Crippen LogP contribution in [0.3, 0.4) is 0 Å². The molecular weight excluding hydrogens is 328 g/mol. The first-order chi connectivity index (χ1) is 11.4. The van der Waals surface area contributed by atoms with Crippen LogP contribution in [-0.2, 0) is 4.43 Å². The summed E-state index contributed by atoms with van der Waals surface area (Å²) in [6.45, 7) is 16.5. The van der Waals surface area contributed by atoms with Crippen molar-refractivity contribution >= 4 is 8.32 Å². The average molecular weight is 367 g/mol. The molecule has 0 amide bonds. The second-order valence-corrected chi connectivity index (χ2v) is 15.7. The van der Waals surface area contributed by atoms with Crippen LogP contribution in [0, 0.1) is 22.7 Å². The van der Waals surface area contributed by atoms with Crippen molar-refractivity contribution < 1.29 is 14.6 Å². The van der Waals surface area contributed by atoms with E-state index < -0.39 is 8.32 Å². The fourth-order valence-electron chi connectivity index (χ4n) is 5.70. The molecule has 0 aliphatic heterocycles. The maximum Gasteiger partial charge on any atom is 0.193 e. The second kappa shape index (κ2) is 5.67. The molecule has 25 heavy (non-hydrogen) atoms. The van der Waals surface area contributed by atoms with Gasteiger partial charge < -0.3 is 14.6 Å². The van der Waals surface area contributed by atoms with Crippen molar-refractivity contribution in [2.45, 2.75) is 84.0 Å². The van der Waals surface area contributed by atoms with Crippen molar-refractivity contribution in [2.75, 3.05) is 13.2 Å². The van der Waals surface area contributed by atoms with Gasteiger partial charge in [-0.3, -0.25) is 0 Å². The number of aliphatic hydroxyl groups excluding tert-OH is 2. The van der Waals surface area contributed by atoms with E-state index in [9.17, 15) is 10.2 Å². The SMILES string of the molecule is CC1=C[C@H]2CC(CO)(CO)C[C@@H]2[C@@]2(C)CC[C@@]12O[Si](C)(C)C(C)(C)C. The summed E-state index contributed by atoms with van der Waals surface area (Å²) in [5.74, 6) is 0.981. The summed E-state index contributed by atoms with van der Waals surface area (Å²) < 4.78 is 7.13. The Bertz CT molecular complexity index is 572. The fraction of sp³-hybridized carbons (Fsp3) is 0.905. The Kier molecular flexibility index (Phi) is 4.44. The average Bonchev–Trinajstić information content (AvgIpc) is 2.88. The highest BCUT2D eigenvalue weighted by atomic mass is 28.4. The van der Waals surface area contributed by atoms with Gasteiger partial charge in [-0.1, -0.05) is 33.8 Å². The Morgan fingerprint density at radius 1 is 1.16 bits per heavy atom. The van der Waals surface area contributed by atoms with Gasteiger partial charge in [0.15, 0.2) is 8.32 Å². The van der Waals surface area contributed by atoms with Gasteiger partial charge in [0.05, 0.1) is 18.8 Å². The van der Waals surface area contributed by atoms with Gasteiger partial charge in [0, 0.05) is 10.8 Å². The maximum atomic E-state index is 9.94. The smallest absolute Gasteiger partial charge is 0.193 e. The summed E-state index contributed by atoms with van der Waals surface area (Å²) >= 11 is 0. The molecule has 3 nitrogen and oxygen atoms in total. The Labute approximate surface area is 155 Å². The largest absolute Gasteiger partial charge is 0.407 e. The highest BCUT2D eigenvalue weighted by Crippen LogP contribution is 2.70. The lowest BCUT2D eigenvalue weighted by Gasteiger charge is -2.67. The first-order valence-corrected chi connectivity index (χ1v) is 12.9. The molecule has 0 aromatic heterocycles. The number of hydrogen-bond donors (Lipinski definition) is 2. The van der Waals surface area contributed by atoms with Gasteiger partial charge in [-0.2, -0.15) is 0 Å². The van der Waals surface area contributed by atoms with Crippen molar-refractivity contribution in [3.05, 3.63) is 11.6 Å². The standard InChI is InChI=1S/C21H38O3Si/c1-15-10-16-11-20(13-22,14-23)12-17(16)19(5)8-9-21(15,19)24-25(6,7)18(2,3)4/h10,16-17,22-23H,8-9,11-14H2,1-7H3/t16-,17-,19+,21+/m0/s1. The minimum atomic E-state index is -1.88. The monoisotopic (exact) mass is 366 g/mol. The van der Waals surface area contributed by atoms with E-state index in [-0.39, 0.29) is 34.7 Å². The number of aliphatic hydroxyl groups is 2. The van der Waals surface area contributed by atoms with Crippen LogP contribution < -0.4 is 0 Å². The van der Waals surface area contributed by atoms with Crippen molar-refractivity contribution in [1.82, 2.24) is 0 Å². The molecule has 2 N–H and O–H groups in total. The molecule has 4 atom stereocenters. The Morgan fingerprint density at radius 3 is 2.20 bits per heavy atom. The van der Waals surface area contributed by atoms with E-state index >= 15 is 0 Å². The molecule has 4 heteroatoms. The number of rotatable bonds is 4. The third kappa shape index (κ3) is 2.54. The molecule has 0 aromatic rings. The van der Waals surface area contributed by atoms with Crippen molar-refractivity contribution in [1.29, 1.82) is 0 Å². The van der Waals surface area contributed by atoms with Gasteiger partial charge >= 0.3 is 0 Å². The van der Waals surface area contributed by atoms with Crippen LogP contribution in [0.1, 0.15) is 60.3 Å². The lowest BCUT2D eigenvalue weighted by molar-refractivity contribution is -0.164. The molecule has 144 valence electrons. The van der Waals surface area contributed by atoms with Crippen molar-refractivity contribution in [3.63, 3.8) is 0 Å². The molecule has 0 aromatic carbocycles. The number of allylic oxidation sites excluding steroid dienone is 1. The second-order valence-electron chi connectivity index (χ2n) is 11.0. The first-order valence-electron chi connectivity index (χ1n) is 9.97. The molecule has 2 saturated carbocycles. The molecule has 2 fully saturated rings. The van der Waals surface area contributed by atoms with E-state index in [1.165, 1.54) is 12.0 Å². The van der Waals surface area contributed by atoms with Gasteiger partial charge in [0.25, 0.3) is 0 Å². The zero-order valence-corrected chi connectivity index (χ0v) is 18.3. The Hall–Kier alpha value is -0.163. The van der Waals surface area contributed by atoms with Crippen LogP contribution in [-0.4, -0.2) is 37.3 Å². The molecule has 3 aliphatic rings. The van der Waals surface area contributed by atoms with E-state index in [0.717, 1.165) is 19.3 Å². The molecule has 0 radical (unpaired) electrons. The zero-order chi connectivity index (χ0) is 18.9. The molecule has 0 bridgehead atoms. The van der Waals surface area contributed by atoms with Gasteiger partial charge in [0.1, 0.15) is 0 Å². The summed E-state index contributed by atoms with van der Waals surface area (Å²) in [5, 5.41) is 20.1. The third-order valence-corrected chi connectivity index (χ3v) is 13.1. The van der Waals surface area contributed by atoms with Crippen LogP contribution >= 0.6 is 0 Å². The summed E-state index contributed by atoms with van der Waals surface area (Å²) in [4.78, 5) is 0. The predicted molar refractivity (Wildman–Crippen MR) is 105 cm³/mol. The quantitative estimate of drug-likeness (QED) is 0.569. The molecule has 0 heterocycles. The summed E-state index contributed by atoms with van der Waals surface area (Å²) in [6, 6.07) is 0. The van der Waals surface area contributed by atoms with Gasteiger partial charge in [-0.15, -0.1) is 0 Å². The van der Waals surface area contributed by atoms with Crippen molar-refractivity contribution in [3.8, 4) is 0 Å². The molecular formula is C21H38O3Si. The van der Waals surface area contributed by atoms with Crippen LogP contribution in [0.25, 0.3) is 0 Å². The van der Waals surface area contributed by atoms with Gasteiger partial charge in [-0.05, 0) is 68.1 Å². The third-order valence-electron chi connectivity index (χ3n) is 8.58. The minimum absolute atomic E-state index is 0.0928. The van der Waals surface area contributed by atoms with Crippen LogP contribution in [0.15, 0.2) is 11.6 Å². The van der Waals surface area contributed by atoms with Crippen molar-refractivity contribution in [2.24, 2.45) is 22.7 Å². The lowest BCUT2D eigenvalue weighted by atomic mass is 9.45. The first kappa shape index (κ1) is 19.6. The number of hydrogen-bond acceptors (Lipinski definition) is 3. The molecule has 0 spiro atoms.